The van der Waals surface area contributed by atoms with E-state index in [2.05, 4.69) is 31.0 Å². The van der Waals surface area contributed by atoms with Gasteiger partial charge in [-0.05, 0) is 36.4 Å². The number of amides is 1. The third-order valence-corrected chi connectivity index (χ3v) is 4.26. The molecule has 0 bridgehead atoms. The van der Waals surface area contributed by atoms with E-state index in [9.17, 15) is 4.79 Å². The van der Waals surface area contributed by atoms with Crippen molar-refractivity contribution >= 4 is 28.8 Å². The van der Waals surface area contributed by atoms with E-state index in [-0.39, 0.29) is 11.6 Å². The number of pyridine rings is 1. The Hall–Kier alpha value is -4.27. The van der Waals surface area contributed by atoms with E-state index in [1.54, 1.807) is 42.9 Å². The third-order valence-electron chi connectivity index (χ3n) is 4.26. The molecule has 0 fully saturated rings. The zero-order chi connectivity index (χ0) is 20.9. The molecule has 4 aromatic rings. The predicted octanol–water partition coefficient (Wildman–Crippen LogP) is 3.59. The Kier molecular flexibility index (Phi) is 5.33. The summed E-state index contributed by atoms with van der Waals surface area (Å²) in [6, 6.07) is 14.3. The zero-order valence-corrected chi connectivity index (χ0v) is 16.4. The fourth-order valence-corrected chi connectivity index (χ4v) is 2.67. The maximum atomic E-state index is 12.4. The maximum absolute atomic E-state index is 12.4. The van der Waals surface area contributed by atoms with Gasteiger partial charge in [-0.25, -0.2) is 0 Å². The van der Waals surface area contributed by atoms with Crippen molar-refractivity contribution in [2.45, 2.75) is 0 Å². The molecular formula is C21H19N7O2. The first kappa shape index (κ1) is 19.1. The Morgan fingerprint density at radius 3 is 2.57 bits per heavy atom. The van der Waals surface area contributed by atoms with Gasteiger partial charge in [0.2, 0.25) is 0 Å². The van der Waals surface area contributed by atoms with Gasteiger partial charge >= 0.3 is 0 Å². The van der Waals surface area contributed by atoms with Crippen molar-refractivity contribution in [3.05, 3.63) is 72.8 Å². The lowest BCUT2D eigenvalue weighted by Crippen LogP contribution is -2.12. The summed E-state index contributed by atoms with van der Waals surface area (Å²) in [4.78, 5) is 18.4. The summed E-state index contributed by atoms with van der Waals surface area (Å²) in [7, 11) is 3.87. The second-order valence-electron chi connectivity index (χ2n) is 6.67. The van der Waals surface area contributed by atoms with Gasteiger partial charge in [-0.1, -0.05) is 5.16 Å². The van der Waals surface area contributed by atoms with Crippen LogP contribution in [-0.4, -0.2) is 40.3 Å². The van der Waals surface area contributed by atoms with E-state index in [1.165, 1.54) is 0 Å². The van der Waals surface area contributed by atoms with Crippen molar-refractivity contribution in [3.63, 3.8) is 0 Å². The number of anilines is 4. The second-order valence-corrected chi connectivity index (χ2v) is 6.67. The number of carbonyl (C=O) groups is 1. The van der Waals surface area contributed by atoms with Crippen LogP contribution in [-0.2, 0) is 0 Å². The smallest absolute Gasteiger partial charge is 0.277 e. The quantitative estimate of drug-likeness (QED) is 0.504. The molecule has 9 nitrogen and oxygen atoms in total. The van der Waals surface area contributed by atoms with Crippen LogP contribution in [0, 0.1) is 0 Å². The summed E-state index contributed by atoms with van der Waals surface area (Å²) in [6.07, 6.45) is 5.00. The van der Waals surface area contributed by atoms with Crippen LogP contribution >= 0.6 is 0 Å². The lowest BCUT2D eigenvalue weighted by atomic mass is 10.2. The van der Waals surface area contributed by atoms with Crippen molar-refractivity contribution < 1.29 is 9.32 Å². The average Bonchev–Trinajstić information content (AvgIpc) is 3.26. The number of carbonyl (C=O) groups excluding carboxylic acids is 1. The van der Waals surface area contributed by atoms with Crippen LogP contribution in [0.5, 0.6) is 0 Å². The van der Waals surface area contributed by atoms with Crippen LogP contribution in [0.3, 0.4) is 0 Å². The Bertz CT molecular complexity index is 1140. The summed E-state index contributed by atoms with van der Waals surface area (Å²) in [5.41, 5.74) is 3.32. The van der Waals surface area contributed by atoms with Crippen LogP contribution in [0.25, 0.3) is 11.3 Å². The van der Waals surface area contributed by atoms with Crippen molar-refractivity contribution in [3.8, 4) is 11.3 Å². The van der Waals surface area contributed by atoms with Crippen molar-refractivity contribution in [2.75, 3.05) is 29.6 Å². The predicted molar refractivity (Wildman–Crippen MR) is 114 cm³/mol. The molecule has 9 heteroatoms. The molecule has 0 saturated heterocycles. The number of nitrogens with one attached hydrogen (secondary N) is 2. The van der Waals surface area contributed by atoms with Gasteiger partial charge in [0.05, 0.1) is 11.9 Å². The van der Waals surface area contributed by atoms with Crippen molar-refractivity contribution in [1.82, 2.24) is 20.3 Å². The van der Waals surface area contributed by atoms with Crippen LogP contribution in [0.1, 0.15) is 10.5 Å². The van der Waals surface area contributed by atoms with Crippen molar-refractivity contribution in [2.24, 2.45) is 0 Å². The fraction of sp³-hybridized carbons (Fsp3) is 0.0952. The molecule has 150 valence electrons. The van der Waals surface area contributed by atoms with Crippen LogP contribution in [0.15, 0.2) is 71.6 Å². The lowest BCUT2D eigenvalue weighted by Gasteiger charge is -2.13. The highest BCUT2D eigenvalue weighted by Gasteiger charge is 2.14. The highest BCUT2D eigenvalue weighted by Crippen LogP contribution is 2.22. The Morgan fingerprint density at radius 2 is 1.83 bits per heavy atom. The van der Waals surface area contributed by atoms with E-state index in [0.717, 1.165) is 16.9 Å². The summed E-state index contributed by atoms with van der Waals surface area (Å²) < 4.78 is 5.24. The molecule has 0 atom stereocenters. The maximum Gasteiger partial charge on any atom is 0.277 e. The Labute approximate surface area is 172 Å². The normalized spacial score (nSPS) is 10.5. The molecule has 0 saturated carbocycles. The van der Waals surface area contributed by atoms with Gasteiger partial charge in [-0.2, -0.15) is 5.10 Å². The van der Waals surface area contributed by atoms with Crippen molar-refractivity contribution in [1.29, 1.82) is 0 Å². The highest BCUT2D eigenvalue weighted by molar-refractivity contribution is 6.03. The number of hydrogen-bond donors (Lipinski definition) is 2. The van der Waals surface area contributed by atoms with Crippen LogP contribution in [0.2, 0.25) is 0 Å². The first-order valence-corrected chi connectivity index (χ1v) is 9.14. The first-order chi connectivity index (χ1) is 14.6. The number of nitrogens with zero attached hydrogens (tertiary/aromatic N) is 5. The van der Waals surface area contributed by atoms with Gasteiger partial charge < -0.3 is 20.1 Å². The molecule has 1 aromatic carbocycles. The molecule has 0 spiro atoms. The van der Waals surface area contributed by atoms with E-state index in [4.69, 9.17) is 4.52 Å². The molecule has 3 heterocycles. The van der Waals surface area contributed by atoms with E-state index in [1.807, 2.05) is 43.3 Å². The largest absolute Gasteiger partial charge is 0.376 e. The minimum Gasteiger partial charge on any atom is -0.376 e. The van der Waals surface area contributed by atoms with E-state index in [0.29, 0.717) is 17.3 Å². The van der Waals surface area contributed by atoms with Gasteiger partial charge in [0, 0.05) is 55.6 Å². The van der Waals surface area contributed by atoms with E-state index >= 15 is 0 Å². The first-order valence-electron chi connectivity index (χ1n) is 9.14. The van der Waals surface area contributed by atoms with Crippen LogP contribution < -0.4 is 15.5 Å². The SMILES string of the molecule is CN(C)c1cnnc(Nc2ccc(NC(=O)c3cc(-c4cccnc4)on3)cc2)c1. The minimum atomic E-state index is -0.362. The molecule has 30 heavy (non-hydrogen) atoms. The monoisotopic (exact) mass is 401 g/mol. The number of hydrogen-bond acceptors (Lipinski definition) is 8. The Balaban J connectivity index is 1.41. The van der Waals surface area contributed by atoms with Gasteiger partial charge in [-0.3, -0.25) is 9.78 Å². The highest BCUT2D eigenvalue weighted by atomic mass is 16.5. The lowest BCUT2D eigenvalue weighted by molar-refractivity contribution is 0.101. The van der Waals surface area contributed by atoms with Gasteiger partial charge in [0.1, 0.15) is 0 Å². The van der Waals surface area contributed by atoms with Crippen LogP contribution in [0.4, 0.5) is 22.9 Å². The van der Waals surface area contributed by atoms with E-state index < -0.39 is 0 Å². The Morgan fingerprint density at radius 1 is 1.03 bits per heavy atom. The van der Waals surface area contributed by atoms with Gasteiger partial charge in [0.25, 0.3) is 5.91 Å². The summed E-state index contributed by atoms with van der Waals surface area (Å²) >= 11 is 0. The molecule has 4 rings (SSSR count). The number of aromatic nitrogens is 4. The molecule has 0 radical (unpaired) electrons. The molecule has 0 aliphatic carbocycles. The number of benzene rings is 1. The fourth-order valence-electron chi connectivity index (χ4n) is 2.67. The third kappa shape index (κ3) is 4.41. The topological polar surface area (TPSA) is 109 Å². The summed E-state index contributed by atoms with van der Waals surface area (Å²) in [6.45, 7) is 0. The summed E-state index contributed by atoms with van der Waals surface area (Å²) in [5.74, 6) is 0.747. The molecule has 0 aliphatic rings. The van der Waals surface area contributed by atoms with Gasteiger partial charge in [-0.15, -0.1) is 5.10 Å². The summed E-state index contributed by atoms with van der Waals surface area (Å²) in [5, 5.41) is 17.9. The molecule has 3 aromatic heterocycles. The minimum absolute atomic E-state index is 0.187. The van der Waals surface area contributed by atoms with Gasteiger partial charge in [0.15, 0.2) is 17.3 Å². The standard InChI is InChI=1S/C21H19N7O2/c1-28(2)17-10-20(26-23-13-17)24-15-5-7-16(8-6-15)25-21(29)18-11-19(30-27-18)14-4-3-9-22-12-14/h3-13H,1-2H3,(H,24,26)(H,25,29). The zero-order valence-electron chi connectivity index (χ0n) is 16.4. The molecular weight excluding hydrogens is 382 g/mol. The average molecular weight is 401 g/mol. The molecule has 0 unspecified atom stereocenters. The second kappa shape index (κ2) is 8.39. The number of rotatable bonds is 6. The molecule has 2 N–H and O–H groups in total. The molecule has 0 aliphatic heterocycles. The molecule has 1 amide bonds.